The maximum Gasteiger partial charge on any atom is 0.329 e. The van der Waals surface area contributed by atoms with Gasteiger partial charge in [0.05, 0.1) is 12.2 Å². The Morgan fingerprint density at radius 1 is 1.27 bits per heavy atom. The Hall–Kier alpha value is -2.42. The molecule has 116 valence electrons. The lowest BCUT2D eigenvalue weighted by Crippen LogP contribution is -2.29. The number of nitrogens with one attached hydrogen (secondary N) is 2. The zero-order valence-corrected chi connectivity index (χ0v) is 13.3. The van der Waals surface area contributed by atoms with E-state index in [0.717, 1.165) is 17.1 Å². The minimum atomic E-state index is -0.477. The number of fused-ring (bicyclic) bond motifs is 1. The molecule has 0 aliphatic heterocycles. The van der Waals surface area contributed by atoms with Crippen LogP contribution in [0.5, 0.6) is 0 Å². The summed E-state index contributed by atoms with van der Waals surface area (Å²) in [5, 5.41) is 6.14. The quantitative estimate of drug-likeness (QED) is 0.733. The molecule has 0 fully saturated rings. The predicted molar refractivity (Wildman–Crippen MR) is 85.4 cm³/mol. The zero-order chi connectivity index (χ0) is 15.9. The topological polar surface area (TPSA) is 97.6 Å². The van der Waals surface area contributed by atoms with E-state index in [-0.39, 0.29) is 0 Å². The summed E-state index contributed by atoms with van der Waals surface area (Å²) in [7, 11) is 3.31. The highest BCUT2D eigenvalue weighted by Crippen LogP contribution is 2.15. The molecule has 3 rings (SSSR count). The van der Waals surface area contributed by atoms with Crippen LogP contribution >= 0.6 is 11.3 Å². The van der Waals surface area contributed by atoms with Crippen molar-refractivity contribution in [3.05, 3.63) is 36.9 Å². The number of hydrogen-bond donors (Lipinski definition) is 2. The van der Waals surface area contributed by atoms with Crippen molar-refractivity contribution < 1.29 is 0 Å². The van der Waals surface area contributed by atoms with Gasteiger partial charge in [-0.25, -0.2) is 9.78 Å². The molecule has 3 aromatic rings. The average molecular weight is 320 g/mol. The molecule has 0 saturated carbocycles. The Morgan fingerprint density at radius 3 is 2.73 bits per heavy atom. The van der Waals surface area contributed by atoms with E-state index in [1.54, 1.807) is 30.0 Å². The lowest BCUT2D eigenvalue weighted by molar-refractivity contribution is 0.829. The smallest absolute Gasteiger partial charge is 0.329 e. The van der Waals surface area contributed by atoms with Crippen molar-refractivity contribution in [2.24, 2.45) is 14.1 Å². The second-order valence-electron chi connectivity index (χ2n) is 4.92. The van der Waals surface area contributed by atoms with E-state index in [2.05, 4.69) is 27.2 Å². The average Bonchev–Trinajstić information content (AvgIpc) is 3.07. The summed E-state index contributed by atoms with van der Waals surface area (Å²) in [4.78, 5) is 34.6. The number of rotatable bonds is 4. The molecule has 0 atom stereocenters. The van der Waals surface area contributed by atoms with E-state index in [4.69, 9.17) is 0 Å². The van der Waals surface area contributed by atoms with Crippen molar-refractivity contribution in [1.29, 1.82) is 0 Å². The van der Waals surface area contributed by atoms with Gasteiger partial charge >= 0.3 is 5.69 Å². The monoisotopic (exact) mass is 320 g/mol. The Bertz CT molecular complexity index is 948. The van der Waals surface area contributed by atoms with Crippen molar-refractivity contribution in [2.45, 2.75) is 19.9 Å². The molecule has 2 N–H and O–H groups in total. The molecule has 0 radical (unpaired) electrons. The standard InChI is InChI=1S/C13H16N6O2S/c1-4-7-6-22-8(15-7)5-14-12-16-10-9(18(12)2)11(20)17-13(21)19(10)3/h6H,4-5H2,1-3H3,(H,14,16)(H,17,20,21). The Kier molecular flexibility index (Phi) is 3.57. The highest BCUT2D eigenvalue weighted by atomic mass is 32.1. The van der Waals surface area contributed by atoms with Crippen LogP contribution in [0.2, 0.25) is 0 Å². The summed E-state index contributed by atoms with van der Waals surface area (Å²) in [5.74, 6) is 0.523. The van der Waals surface area contributed by atoms with E-state index in [1.807, 2.05) is 5.38 Å². The fourth-order valence-corrected chi connectivity index (χ4v) is 3.03. The van der Waals surface area contributed by atoms with Crippen molar-refractivity contribution in [1.82, 2.24) is 24.1 Å². The third-order valence-electron chi connectivity index (χ3n) is 3.49. The second-order valence-corrected chi connectivity index (χ2v) is 5.87. The summed E-state index contributed by atoms with van der Waals surface area (Å²) in [5.41, 5.74) is 0.856. The minimum Gasteiger partial charge on any atom is -0.349 e. The van der Waals surface area contributed by atoms with Gasteiger partial charge in [0, 0.05) is 19.5 Å². The van der Waals surface area contributed by atoms with Crippen LogP contribution in [0.25, 0.3) is 11.2 Å². The molecule has 0 spiro atoms. The maximum absolute atomic E-state index is 11.9. The third kappa shape index (κ3) is 2.33. The number of aryl methyl sites for hydroxylation is 3. The van der Waals surface area contributed by atoms with Gasteiger partial charge in [0.25, 0.3) is 5.56 Å². The van der Waals surface area contributed by atoms with E-state index >= 15 is 0 Å². The minimum absolute atomic E-state index is 0.354. The number of imidazole rings is 1. The molecular formula is C13H16N6O2S. The normalized spacial score (nSPS) is 11.2. The Morgan fingerprint density at radius 2 is 2.05 bits per heavy atom. The summed E-state index contributed by atoms with van der Waals surface area (Å²) in [6.45, 7) is 2.58. The molecule has 0 unspecified atom stereocenters. The van der Waals surface area contributed by atoms with E-state index in [9.17, 15) is 9.59 Å². The molecule has 0 aromatic carbocycles. The van der Waals surface area contributed by atoms with Crippen molar-refractivity contribution in [3.8, 4) is 0 Å². The fourth-order valence-electron chi connectivity index (χ4n) is 2.21. The van der Waals surface area contributed by atoms with Gasteiger partial charge in [0.1, 0.15) is 5.01 Å². The van der Waals surface area contributed by atoms with Crippen LogP contribution in [0.15, 0.2) is 15.0 Å². The molecule has 0 bridgehead atoms. The fraction of sp³-hybridized carbons (Fsp3) is 0.385. The van der Waals surface area contributed by atoms with Crippen LogP contribution in [0.1, 0.15) is 17.6 Å². The molecule has 22 heavy (non-hydrogen) atoms. The summed E-state index contributed by atoms with van der Waals surface area (Å²) in [6.07, 6.45) is 0.903. The number of aromatic nitrogens is 5. The van der Waals surface area contributed by atoms with Gasteiger partial charge in [-0.05, 0) is 6.42 Å². The van der Waals surface area contributed by atoms with Crippen LogP contribution in [0.4, 0.5) is 5.95 Å². The molecule has 0 aliphatic rings. The summed E-state index contributed by atoms with van der Waals surface area (Å²) in [6, 6.07) is 0. The van der Waals surface area contributed by atoms with Gasteiger partial charge < -0.3 is 9.88 Å². The van der Waals surface area contributed by atoms with Crippen LogP contribution in [0.3, 0.4) is 0 Å². The van der Waals surface area contributed by atoms with Gasteiger partial charge in [-0.2, -0.15) is 4.98 Å². The van der Waals surface area contributed by atoms with Crippen LogP contribution in [0, 0.1) is 0 Å². The van der Waals surface area contributed by atoms with Gasteiger partial charge in [0.2, 0.25) is 5.95 Å². The molecule has 9 heteroatoms. The number of hydrogen-bond acceptors (Lipinski definition) is 6. The lowest BCUT2D eigenvalue weighted by atomic mass is 10.4. The highest BCUT2D eigenvalue weighted by molar-refractivity contribution is 7.09. The first-order chi connectivity index (χ1) is 10.5. The largest absolute Gasteiger partial charge is 0.349 e. The van der Waals surface area contributed by atoms with Gasteiger partial charge in [0.15, 0.2) is 11.2 Å². The van der Waals surface area contributed by atoms with Crippen LogP contribution in [-0.2, 0) is 27.1 Å². The third-order valence-corrected chi connectivity index (χ3v) is 4.39. The zero-order valence-electron chi connectivity index (χ0n) is 12.5. The lowest BCUT2D eigenvalue weighted by Gasteiger charge is -2.03. The summed E-state index contributed by atoms with van der Waals surface area (Å²) >= 11 is 1.58. The number of nitrogens with zero attached hydrogens (tertiary/aromatic N) is 4. The van der Waals surface area contributed by atoms with Crippen molar-refractivity contribution in [2.75, 3.05) is 5.32 Å². The first-order valence-corrected chi connectivity index (χ1v) is 7.72. The molecule has 8 nitrogen and oxygen atoms in total. The molecule has 3 aromatic heterocycles. The van der Waals surface area contributed by atoms with Gasteiger partial charge in [-0.3, -0.25) is 14.3 Å². The van der Waals surface area contributed by atoms with Gasteiger partial charge in [-0.15, -0.1) is 11.3 Å². The predicted octanol–water partition coefficient (Wildman–Crippen LogP) is 0.591. The van der Waals surface area contributed by atoms with Crippen molar-refractivity contribution in [3.63, 3.8) is 0 Å². The highest BCUT2D eigenvalue weighted by Gasteiger charge is 2.14. The number of H-pyrrole nitrogens is 1. The first kappa shape index (κ1) is 14.5. The maximum atomic E-state index is 11.9. The molecule has 3 heterocycles. The van der Waals surface area contributed by atoms with E-state index in [0.29, 0.717) is 23.7 Å². The SMILES string of the molecule is CCc1csc(CNc2nc3c(c(=O)[nH]c(=O)n3C)n2C)n1. The Labute approximate surface area is 129 Å². The Balaban J connectivity index is 1.96. The summed E-state index contributed by atoms with van der Waals surface area (Å²) < 4.78 is 2.96. The molecule has 0 amide bonds. The van der Waals surface area contributed by atoms with Crippen molar-refractivity contribution >= 4 is 28.4 Å². The number of thiazole rings is 1. The molecule has 0 saturated heterocycles. The van der Waals surface area contributed by atoms with E-state index < -0.39 is 11.2 Å². The molecule has 0 aliphatic carbocycles. The van der Waals surface area contributed by atoms with Crippen LogP contribution < -0.4 is 16.6 Å². The first-order valence-electron chi connectivity index (χ1n) is 6.84. The van der Waals surface area contributed by atoms with Crippen LogP contribution in [-0.4, -0.2) is 24.1 Å². The van der Waals surface area contributed by atoms with E-state index in [1.165, 1.54) is 4.57 Å². The van der Waals surface area contributed by atoms with Gasteiger partial charge in [-0.1, -0.05) is 6.92 Å². The number of anilines is 1. The number of aromatic amines is 1. The molecular weight excluding hydrogens is 304 g/mol. The second kappa shape index (κ2) is 5.41.